The maximum atomic E-state index is 14.2. The summed E-state index contributed by atoms with van der Waals surface area (Å²) < 4.78 is 16.8. The average molecular weight is 446 g/mol. The number of halogens is 2. The van der Waals surface area contributed by atoms with Crippen LogP contribution in [0.4, 0.5) is 4.39 Å². The summed E-state index contributed by atoms with van der Waals surface area (Å²) >= 11 is 3.37. The average Bonchev–Trinajstić information content (AvgIpc) is 3.05. The van der Waals surface area contributed by atoms with E-state index in [-0.39, 0.29) is 24.3 Å². The second kappa shape index (κ2) is 8.01. The Balaban J connectivity index is 1.66. The number of nitrogens with zero attached hydrogens (tertiary/aromatic N) is 2. The van der Waals surface area contributed by atoms with Gasteiger partial charge < -0.3 is 15.0 Å². The Labute approximate surface area is 170 Å². The second-order valence-electron chi connectivity index (χ2n) is 7.21. The Hall–Kier alpha value is -2.25. The van der Waals surface area contributed by atoms with Crippen LogP contribution in [-0.4, -0.2) is 32.7 Å². The van der Waals surface area contributed by atoms with Gasteiger partial charge in [-0.25, -0.2) is 4.39 Å². The van der Waals surface area contributed by atoms with Crippen molar-refractivity contribution in [3.63, 3.8) is 0 Å². The first-order valence-electron chi connectivity index (χ1n) is 9.39. The molecule has 0 bridgehead atoms. The molecule has 1 aliphatic carbocycles. The number of aliphatic hydroxyl groups excluding tert-OH is 1. The fourth-order valence-corrected chi connectivity index (χ4v) is 4.20. The van der Waals surface area contributed by atoms with Gasteiger partial charge in [0.1, 0.15) is 11.3 Å². The number of aliphatic hydroxyl groups is 1. The molecule has 2 heterocycles. The highest BCUT2D eigenvalue weighted by Crippen LogP contribution is 2.24. The van der Waals surface area contributed by atoms with Gasteiger partial charge in [-0.05, 0) is 43.2 Å². The van der Waals surface area contributed by atoms with E-state index in [9.17, 15) is 14.3 Å². The molecule has 1 aliphatic rings. The van der Waals surface area contributed by atoms with Crippen molar-refractivity contribution in [2.24, 2.45) is 0 Å². The Morgan fingerprint density at radius 3 is 2.96 bits per heavy atom. The third-order valence-electron chi connectivity index (χ3n) is 5.27. The third kappa shape index (κ3) is 3.82. The van der Waals surface area contributed by atoms with Crippen LogP contribution in [-0.2, 0) is 6.54 Å². The highest BCUT2D eigenvalue weighted by molar-refractivity contribution is 9.10. The van der Waals surface area contributed by atoms with Crippen molar-refractivity contribution in [2.45, 2.75) is 44.4 Å². The predicted octanol–water partition coefficient (Wildman–Crippen LogP) is 4.02. The van der Waals surface area contributed by atoms with Gasteiger partial charge in [-0.2, -0.15) is 0 Å². The Kier molecular flexibility index (Phi) is 5.46. The first kappa shape index (κ1) is 19.1. The lowest BCUT2D eigenvalue weighted by molar-refractivity contribution is 0.0718. The van der Waals surface area contributed by atoms with Gasteiger partial charge in [0.05, 0.1) is 29.8 Å². The monoisotopic (exact) mass is 445 g/mol. The van der Waals surface area contributed by atoms with Crippen LogP contribution in [0, 0.1) is 5.82 Å². The maximum absolute atomic E-state index is 14.2. The van der Waals surface area contributed by atoms with Gasteiger partial charge in [0.15, 0.2) is 0 Å². The van der Waals surface area contributed by atoms with Crippen LogP contribution >= 0.6 is 15.9 Å². The number of hydrogen-bond acceptors (Lipinski definition) is 3. The van der Waals surface area contributed by atoms with Crippen molar-refractivity contribution in [3.05, 3.63) is 64.1 Å². The number of carbonyl (C=O) groups excluding carboxylic acids is 1. The first-order valence-corrected chi connectivity index (χ1v) is 10.2. The maximum Gasteiger partial charge on any atom is 0.255 e. The normalized spacial score (nSPS) is 19.7. The molecule has 1 fully saturated rings. The molecule has 28 heavy (non-hydrogen) atoms. The number of carbonyl (C=O) groups is 1. The molecule has 7 heteroatoms. The standard InChI is InChI=1S/C21H21BrFN3O2/c22-14-7-8-16(23)13(10-14)11-26-12-15(20-18(26)5-3-9-24-20)21(28)25-17-4-1-2-6-19(17)27/h3,5,7-10,12,17,19,27H,1-2,4,6,11H2,(H,25,28)/t17-,19-/m0/s1. The topological polar surface area (TPSA) is 67.2 Å². The summed E-state index contributed by atoms with van der Waals surface area (Å²) in [5.41, 5.74) is 2.28. The van der Waals surface area contributed by atoms with Gasteiger partial charge in [-0.1, -0.05) is 28.8 Å². The third-order valence-corrected chi connectivity index (χ3v) is 5.77. The zero-order valence-electron chi connectivity index (χ0n) is 15.2. The molecular formula is C21H21BrFN3O2. The number of nitrogens with one attached hydrogen (secondary N) is 1. The molecule has 4 rings (SSSR count). The summed E-state index contributed by atoms with van der Waals surface area (Å²) in [5, 5.41) is 13.1. The zero-order valence-corrected chi connectivity index (χ0v) is 16.8. The molecule has 0 saturated heterocycles. The molecule has 1 saturated carbocycles. The van der Waals surface area contributed by atoms with Gasteiger partial charge in [0, 0.05) is 22.4 Å². The molecule has 0 spiro atoms. The number of fused-ring (bicyclic) bond motifs is 1. The lowest BCUT2D eigenvalue weighted by Crippen LogP contribution is -2.45. The summed E-state index contributed by atoms with van der Waals surface area (Å²) in [6, 6.07) is 8.22. The van der Waals surface area contributed by atoms with Crippen LogP contribution in [0.1, 0.15) is 41.6 Å². The molecule has 1 aromatic carbocycles. The number of hydrogen-bond donors (Lipinski definition) is 2. The smallest absolute Gasteiger partial charge is 0.255 e. The first-order chi connectivity index (χ1) is 13.5. The minimum Gasteiger partial charge on any atom is -0.391 e. The van der Waals surface area contributed by atoms with Crippen LogP contribution in [0.2, 0.25) is 0 Å². The minimum atomic E-state index is -0.519. The lowest BCUT2D eigenvalue weighted by Gasteiger charge is -2.28. The number of rotatable bonds is 4. The summed E-state index contributed by atoms with van der Waals surface area (Å²) in [6.07, 6.45) is 6.27. The second-order valence-corrected chi connectivity index (χ2v) is 8.12. The molecule has 0 aliphatic heterocycles. The van der Waals surface area contributed by atoms with Crippen LogP contribution < -0.4 is 5.32 Å². The van der Waals surface area contributed by atoms with Gasteiger partial charge in [0.2, 0.25) is 0 Å². The fraction of sp³-hybridized carbons (Fsp3) is 0.333. The van der Waals surface area contributed by atoms with E-state index >= 15 is 0 Å². The van der Waals surface area contributed by atoms with Crippen molar-refractivity contribution in [1.29, 1.82) is 0 Å². The number of benzene rings is 1. The Morgan fingerprint density at radius 2 is 2.14 bits per heavy atom. The summed E-state index contributed by atoms with van der Waals surface area (Å²) in [7, 11) is 0. The lowest BCUT2D eigenvalue weighted by atomic mass is 9.92. The quantitative estimate of drug-likeness (QED) is 0.637. The van der Waals surface area contributed by atoms with Gasteiger partial charge in [0.25, 0.3) is 5.91 Å². The molecule has 2 atom stereocenters. The summed E-state index contributed by atoms with van der Waals surface area (Å²) in [5.74, 6) is -0.562. The van der Waals surface area contributed by atoms with E-state index in [1.807, 2.05) is 10.6 Å². The van der Waals surface area contributed by atoms with E-state index < -0.39 is 6.10 Å². The largest absolute Gasteiger partial charge is 0.391 e. The number of amides is 1. The van der Waals surface area contributed by atoms with E-state index in [1.165, 1.54) is 6.07 Å². The van der Waals surface area contributed by atoms with Crippen molar-refractivity contribution >= 4 is 32.9 Å². The molecule has 1 amide bonds. The Morgan fingerprint density at radius 1 is 1.32 bits per heavy atom. The molecule has 2 aromatic heterocycles. The van der Waals surface area contributed by atoms with Crippen molar-refractivity contribution in [1.82, 2.24) is 14.9 Å². The molecule has 146 valence electrons. The predicted molar refractivity (Wildman–Crippen MR) is 109 cm³/mol. The number of aromatic nitrogens is 2. The van der Waals surface area contributed by atoms with Gasteiger partial charge in [-0.15, -0.1) is 0 Å². The van der Waals surface area contributed by atoms with E-state index in [2.05, 4.69) is 26.2 Å². The van der Waals surface area contributed by atoms with Crippen LogP contribution in [0.15, 0.2) is 47.2 Å². The summed E-state index contributed by atoms with van der Waals surface area (Å²) in [6.45, 7) is 0.285. The SMILES string of the molecule is O=C(N[C@H]1CCCC[C@@H]1O)c1cn(Cc2cc(Br)ccc2F)c2cccnc12. The van der Waals surface area contributed by atoms with Crippen molar-refractivity contribution in [3.8, 4) is 0 Å². The highest BCUT2D eigenvalue weighted by Gasteiger charge is 2.26. The van der Waals surface area contributed by atoms with Crippen molar-refractivity contribution < 1.29 is 14.3 Å². The minimum absolute atomic E-state index is 0.245. The molecule has 0 unspecified atom stereocenters. The zero-order chi connectivity index (χ0) is 19.7. The van der Waals surface area contributed by atoms with Gasteiger partial charge >= 0.3 is 0 Å². The highest BCUT2D eigenvalue weighted by atomic mass is 79.9. The van der Waals surface area contributed by atoms with E-state index in [4.69, 9.17) is 0 Å². The van der Waals surface area contributed by atoms with Crippen LogP contribution in [0.25, 0.3) is 11.0 Å². The van der Waals surface area contributed by atoms with Crippen LogP contribution in [0.5, 0.6) is 0 Å². The van der Waals surface area contributed by atoms with E-state index in [1.54, 1.807) is 30.6 Å². The molecule has 5 nitrogen and oxygen atoms in total. The van der Waals surface area contributed by atoms with E-state index in [0.29, 0.717) is 23.1 Å². The van der Waals surface area contributed by atoms with Crippen molar-refractivity contribution in [2.75, 3.05) is 0 Å². The Bertz CT molecular complexity index is 1020. The summed E-state index contributed by atoms with van der Waals surface area (Å²) in [4.78, 5) is 17.3. The molecular weight excluding hydrogens is 425 g/mol. The molecule has 0 radical (unpaired) electrons. The van der Waals surface area contributed by atoms with Gasteiger partial charge in [-0.3, -0.25) is 9.78 Å². The van der Waals surface area contributed by atoms with E-state index in [0.717, 1.165) is 29.3 Å². The van der Waals surface area contributed by atoms with Crippen LogP contribution in [0.3, 0.4) is 0 Å². The fourth-order valence-electron chi connectivity index (χ4n) is 3.79. The molecule has 3 aromatic rings. The molecule has 2 N–H and O–H groups in total. The number of pyridine rings is 1.